The number of carbonyl (C=O) groups excluding carboxylic acids is 2. The van der Waals surface area contributed by atoms with Gasteiger partial charge in [-0.2, -0.15) is 0 Å². The molecule has 0 radical (unpaired) electrons. The zero-order chi connectivity index (χ0) is 12.3. The highest BCUT2D eigenvalue weighted by atomic mass is 16.4. The predicted octanol–water partition coefficient (Wildman–Crippen LogP) is 0.491. The Bertz CT molecular complexity index is 391. The second kappa shape index (κ2) is 3.31. The summed E-state index contributed by atoms with van der Waals surface area (Å²) >= 11 is 0. The highest BCUT2D eigenvalue weighted by Crippen LogP contribution is 2.56. The van der Waals surface area contributed by atoms with Crippen LogP contribution in [0, 0.1) is 23.7 Å². The van der Waals surface area contributed by atoms with Crippen molar-refractivity contribution in [2.45, 2.75) is 32.2 Å². The van der Waals surface area contributed by atoms with Crippen molar-refractivity contribution in [1.82, 2.24) is 4.90 Å². The minimum atomic E-state index is -1.11. The van der Waals surface area contributed by atoms with Crippen molar-refractivity contribution in [3.8, 4) is 0 Å². The Morgan fingerprint density at radius 1 is 1.24 bits per heavy atom. The molecule has 3 rings (SSSR count). The van der Waals surface area contributed by atoms with Gasteiger partial charge in [0.15, 0.2) is 0 Å². The van der Waals surface area contributed by atoms with Gasteiger partial charge in [0.05, 0.1) is 11.8 Å². The van der Waals surface area contributed by atoms with Crippen molar-refractivity contribution < 1.29 is 19.5 Å². The van der Waals surface area contributed by atoms with Gasteiger partial charge >= 0.3 is 5.97 Å². The number of fused-ring (bicyclic) bond motifs is 5. The molecule has 3 aliphatic rings. The zero-order valence-corrected chi connectivity index (χ0v) is 9.63. The molecule has 2 aliphatic carbocycles. The van der Waals surface area contributed by atoms with Crippen molar-refractivity contribution in [2.75, 3.05) is 0 Å². The van der Waals surface area contributed by atoms with E-state index in [9.17, 15) is 14.4 Å². The molecule has 1 heterocycles. The number of carboxylic acids is 1. The van der Waals surface area contributed by atoms with E-state index in [0.29, 0.717) is 11.8 Å². The fourth-order valence-electron chi connectivity index (χ4n) is 3.92. The van der Waals surface area contributed by atoms with E-state index >= 15 is 0 Å². The van der Waals surface area contributed by atoms with Crippen LogP contribution in [0.15, 0.2) is 0 Å². The third-order valence-electron chi connectivity index (χ3n) is 4.71. The monoisotopic (exact) mass is 237 g/mol. The molecule has 0 aromatic rings. The topological polar surface area (TPSA) is 74.7 Å². The lowest BCUT2D eigenvalue weighted by atomic mass is 9.81. The van der Waals surface area contributed by atoms with Gasteiger partial charge in [0.25, 0.3) is 0 Å². The molecule has 1 saturated heterocycles. The molecule has 5 atom stereocenters. The van der Waals surface area contributed by atoms with Gasteiger partial charge in [-0.1, -0.05) is 0 Å². The fourth-order valence-corrected chi connectivity index (χ4v) is 3.92. The number of carbonyl (C=O) groups is 3. The largest absolute Gasteiger partial charge is 0.480 e. The van der Waals surface area contributed by atoms with E-state index in [-0.39, 0.29) is 23.7 Å². The summed E-state index contributed by atoms with van der Waals surface area (Å²) in [5.41, 5.74) is 0. The van der Waals surface area contributed by atoms with Gasteiger partial charge in [-0.05, 0) is 38.0 Å². The van der Waals surface area contributed by atoms with Crippen molar-refractivity contribution in [3.63, 3.8) is 0 Å². The van der Waals surface area contributed by atoms with Crippen LogP contribution >= 0.6 is 0 Å². The number of imide groups is 1. The van der Waals surface area contributed by atoms with Gasteiger partial charge in [0.2, 0.25) is 11.8 Å². The molecule has 0 aromatic carbocycles. The third kappa shape index (κ3) is 1.22. The Morgan fingerprint density at radius 3 is 2.12 bits per heavy atom. The van der Waals surface area contributed by atoms with Crippen LogP contribution in [0.3, 0.4) is 0 Å². The van der Waals surface area contributed by atoms with Crippen LogP contribution in [0.4, 0.5) is 0 Å². The summed E-state index contributed by atoms with van der Waals surface area (Å²) in [7, 11) is 0. The number of hydrogen-bond acceptors (Lipinski definition) is 3. The lowest BCUT2D eigenvalue weighted by molar-refractivity contribution is -0.154. The Morgan fingerprint density at radius 2 is 1.71 bits per heavy atom. The normalized spacial score (nSPS) is 40.9. The number of aliphatic carboxylic acids is 1. The van der Waals surface area contributed by atoms with Crippen LogP contribution in [-0.2, 0) is 14.4 Å². The number of rotatable bonds is 2. The first-order valence-corrected chi connectivity index (χ1v) is 6.12. The summed E-state index contributed by atoms with van der Waals surface area (Å²) in [4.78, 5) is 36.3. The molecule has 2 amide bonds. The third-order valence-corrected chi connectivity index (χ3v) is 4.71. The standard InChI is InChI=1S/C12H15NO4/c1-5(12(16)17)13-10(14)8-6-2-3-7(4-6)9(8)11(13)15/h5-9H,2-4H2,1H3,(H,16,17)/t5?,6-,7+,8-,9+. The van der Waals surface area contributed by atoms with Gasteiger partial charge in [-0.3, -0.25) is 14.5 Å². The van der Waals surface area contributed by atoms with Crippen molar-refractivity contribution >= 4 is 17.8 Å². The summed E-state index contributed by atoms with van der Waals surface area (Å²) in [6.45, 7) is 1.40. The molecule has 1 aliphatic heterocycles. The minimum absolute atomic E-state index is 0.219. The number of amides is 2. The second-order valence-corrected chi connectivity index (χ2v) is 5.45. The average molecular weight is 237 g/mol. The number of carboxylic acid groups (broad SMARTS) is 1. The molecule has 2 bridgehead atoms. The first-order chi connectivity index (χ1) is 8.02. The Kier molecular flexibility index (Phi) is 2.09. The van der Waals surface area contributed by atoms with Crippen molar-refractivity contribution in [3.05, 3.63) is 0 Å². The van der Waals surface area contributed by atoms with Gasteiger partial charge in [-0.15, -0.1) is 0 Å². The zero-order valence-electron chi connectivity index (χ0n) is 9.63. The highest BCUT2D eigenvalue weighted by molar-refractivity contribution is 6.08. The number of nitrogens with zero attached hydrogens (tertiary/aromatic N) is 1. The highest BCUT2D eigenvalue weighted by Gasteiger charge is 2.62. The summed E-state index contributed by atoms with van der Waals surface area (Å²) in [6, 6.07) is -1.03. The fraction of sp³-hybridized carbons (Fsp3) is 0.750. The quantitative estimate of drug-likeness (QED) is 0.709. The minimum Gasteiger partial charge on any atom is -0.480 e. The second-order valence-electron chi connectivity index (χ2n) is 5.45. The van der Waals surface area contributed by atoms with E-state index < -0.39 is 12.0 Å². The van der Waals surface area contributed by atoms with E-state index in [1.165, 1.54) is 6.92 Å². The van der Waals surface area contributed by atoms with Crippen molar-refractivity contribution in [2.24, 2.45) is 23.7 Å². The van der Waals surface area contributed by atoms with Gasteiger partial charge in [-0.25, -0.2) is 4.79 Å². The summed E-state index contributed by atoms with van der Waals surface area (Å²) < 4.78 is 0. The molecule has 92 valence electrons. The van der Waals surface area contributed by atoms with E-state index in [4.69, 9.17) is 5.11 Å². The SMILES string of the molecule is CC(C(=O)O)N1C(=O)[C@@H]2[C@@H]3CC[C@@H](C3)[C@@H]2C1=O. The van der Waals surface area contributed by atoms with Crippen LogP contribution in [-0.4, -0.2) is 33.8 Å². The molecule has 1 N–H and O–H groups in total. The molecule has 2 saturated carbocycles. The Hall–Kier alpha value is -1.39. The maximum absolute atomic E-state index is 12.2. The van der Waals surface area contributed by atoms with E-state index in [0.717, 1.165) is 24.2 Å². The van der Waals surface area contributed by atoms with Crippen LogP contribution in [0.5, 0.6) is 0 Å². The summed E-state index contributed by atoms with van der Waals surface area (Å²) in [5.74, 6) is -1.42. The lowest BCUT2D eigenvalue weighted by Crippen LogP contribution is -2.44. The van der Waals surface area contributed by atoms with Crippen LogP contribution < -0.4 is 0 Å². The molecule has 5 heteroatoms. The van der Waals surface area contributed by atoms with Crippen LogP contribution in [0.2, 0.25) is 0 Å². The average Bonchev–Trinajstić information content (AvgIpc) is 2.92. The van der Waals surface area contributed by atoms with Gasteiger partial charge in [0.1, 0.15) is 6.04 Å². The molecular weight excluding hydrogens is 222 g/mol. The van der Waals surface area contributed by atoms with Crippen LogP contribution in [0.1, 0.15) is 26.2 Å². The Balaban J connectivity index is 1.93. The maximum Gasteiger partial charge on any atom is 0.326 e. The smallest absolute Gasteiger partial charge is 0.326 e. The molecule has 0 aromatic heterocycles. The van der Waals surface area contributed by atoms with E-state index in [1.54, 1.807) is 0 Å². The van der Waals surface area contributed by atoms with E-state index in [1.807, 2.05) is 0 Å². The first kappa shape index (κ1) is 10.7. The molecule has 1 unspecified atom stereocenters. The van der Waals surface area contributed by atoms with Gasteiger partial charge in [0, 0.05) is 0 Å². The first-order valence-electron chi connectivity index (χ1n) is 6.12. The van der Waals surface area contributed by atoms with Gasteiger partial charge < -0.3 is 5.11 Å². The summed E-state index contributed by atoms with van der Waals surface area (Å²) in [6.07, 6.45) is 3.00. The summed E-state index contributed by atoms with van der Waals surface area (Å²) in [5, 5.41) is 8.94. The molecule has 3 fully saturated rings. The maximum atomic E-state index is 12.2. The molecular formula is C12H15NO4. The predicted molar refractivity (Wildman–Crippen MR) is 56.8 cm³/mol. The molecule has 5 nitrogen and oxygen atoms in total. The van der Waals surface area contributed by atoms with E-state index in [2.05, 4.69) is 0 Å². The van der Waals surface area contributed by atoms with Crippen LogP contribution in [0.25, 0.3) is 0 Å². The van der Waals surface area contributed by atoms with Crippen molar-refractivity contribution in [1.29, 1.82) is 0 Å². The molecule has 17 heavy (non-hydrogen) atoms. The molecule has 0 spiro atoms. The number of hydrogen-bond donors (Lipinski definition) is 1. The Labute approximate surface area is 98.8 Å². The lowest BCUT2D eigenvalue weighted by Gasteiger charge is -2.20. The number of likely N-dealkylation sites (tertiary alicyclic amines) is 1.